The van der Waals surface area contributed by atoms with Gasteiger partial charge in [0.2, 0.25) is 11.7 Å². The fourth-order valence-electron chi connectivity index (χ4n) is 4.70. The van der Waals surface area contributed by atoms with E-state index in [1.54, 1.807) is 6.07 Å². The highest BCUT2D eigenvalue weighted by Crippen LogP contribution is 2.28. The lowest BCUT2D eigenvalue weighted by Gasteiger charge is -2.35. The summed E-state index contributed by atoms with van der Waals surface area (Å²) in [4.78, 5) is 22.3. The molecule has 7 nitrogen and oxygen atoms in total. The summed E-state index contributed by atoms with van der Waals surface area (Å²) in [6, 6.07) is 25.3. The van der Waals surface area contributed by atoms with Crippen LogP contribution < -0.4 is 0 Å². The van der Waals surface area contributed by atoms with Crippen molar-refractivity contribution in [3.63, 3.8) is 0 Å². The number of carbonyl (C=O) groups is 1. The molecule has 0 aliphatic carbocycles. The Hall–Kier alpha value is -4.28. The van der Waals surface area contributed by atoms with E-state index in [9.17, 15) is 10.1 Å². The second-order valence-electron chi connectivity index (χ2n) is 9.32. The predicted molar refractivity (Wildman–Crippen MR) is 142 cm³/mol. The molecule has 1 aromatic heterocycles. The number of benzene rings is 3. The molecule has 1 aliphatic rings. The van der Waals surface area contributed by atoms with E-state index in [1.165, 1.54) is 5.56 Å². The van der Waals surface area contributed by atoms with E-state index in [0.717, 1.165) is 49.2 Å². The lowest BCUT2D eigenvalue weighted by atomic mass is 9.95. The van der Waals surface area contributed by atoms with E-state index in [1.807, 2.05) is 71.6 Å². The zero-order chi connectivity index (χ0) is 25.6. The van der Waals surface area contributed by atoms with Crippen LogP contribution in [-0.2, 0) is 6.42 Å². The first-order valence-corrected chi connectivity index (χ1v) is 12.6. The maximum Gasteiger partial charge on any atom is 0.254 e. The number of hydrogen-bond acceptors (Lipinski definition) is 6. The summed E-state index contributed by atoms with van der Waals surface area (Å²) in [5.74, 6) is 1.29. The van der Waals surface area contributed by atoms with Crippen molar-refractivity contribution >= 4 is 5.91 Å². The van der Waals surface area contributed by atoms with Gasteiger partial charge in [-0.25, -0.2) is 0 Å². The maximum absolute atomic E-state index is 13.4. The molecule has 0 unspecified atom stereocenters. The fraction of sp³-hybridized carbons (Fsp3) is 0.267. The van der Waals surface area contributed by atoms with Crippen LogP contribution in [0.15, 0.2) is 77.3 Å². The van der Waals surface area contributed by atoms with Gasteiger partial charge >= 0.3 is 0 Å². The Morgan fingerprint density at radius 3 is 2.41 bits per heavy atom. The first-order valence-electron chi connectivity index (χ1n) is 12.6. The van der Waals surface area contributed by atoms with Crippen molar-refractivity contribution < 1.29 is 9.32 Å². The van der Waals surface area contributed by atoms with Crippen LogP contribution in [0.2, 0.25) is 0 Å². The number of nitrogens with zero attached hydrogens (tertiary/aromatic N) is 5. The van der Waals surface area contributed by atoms with Gasteiger partial charge in [0.1, 0.15) is 0 Å². The first-order chi connectivity index (χ1) is 18.1. The predicted octanol–water partition coefficient (Wildman–Crippen LogP) is 4.97. The number of amides is 1. The normalized spacial score (nSPS) is 13.9. The highest BCUT2D eigenvalue weighted by atomic mass is 16.5. The van der Waals surface area contributed by atoms with E-state index in [0.29, 0.717) is 35.9 Å². The van der Waals surface area contributed by atoms with Gasteiger partial charge in [-0.2, -0.15) is 10.2 Å². The average Bonchev–Trinajstić information content (AvgIpc) is 3.42. The molecular formula is C30H29N5O2. The van der Waals surface area contributed by atoms with Gasteiger partial charge in [0.25, 0.3) is 5.91 Å². The second-order valence-corrected chi connectivity index (χ2v) is 9.32. The van der Waals surface area contributed by atoms with Gasteiger partial charge in [-0.3, -0.25) is 9.69 Å². The van der Waals surface area contributed by atoms with Crippen LogP contribution in [0, 0.1) is 18.3 Å². The Morgan fingerprint density at radius 1 is 0.946 bits per heavy atom. The smallest absolute Gasteiger partial charge is 0.254 e. The molecule has 1 fully saturated rings. The minimum Gasteiger partial charge on any atom is -0.339 e. The molecule has 7 heteroatoms. The molecule has 186 valence electrons. The minimum absolute atomic E-state index is 0.0116. The number of hydrogen-bond donors (Lipinski definition) is 0. The van der Waals surface area contributed by atoms with Gasteiger partial charge in [0.05, 0.1) is 11.6 Å². The van der Waals surface area contributed by atoms with E-state index in [4.69, 9.17) is 4.52 Å². The summed E-state index contributed by atoms with van der Waals surface area (Å²) in [5, 5.41) is 13.6. The number of carbonyl (C=O) groups excluding carboxylic acids is 1. The van der Waals surface area contributed by atoms with Gasteiger partial charge < -0.3 is 9.42 Å². The van der Waals surface area contributed by atoms with Crippen LogP contribution in [0.3, 0.4) is 0 Å². The largest absolute Gasteiger partial charge is 0.339 e. The monoisotopic (exact) mass is 491 g/mol. The molecule has 1 saturated heterocycles. The maximum atomic E-state index is 13.4. The molecular weight excluding hydrogens is 462 g/mol. The van der Waals surface area contributed by atoms with Crippen LogP contribution in [0.25, 0.3) is 22.5 Å². The number of rotatable bonds is 7. The third-order valence-electron chi connectivity index (χ3n) is 6.80. The van der Waals surface area contributed by atoms with E-state index in [2.05, 4.69) is 28.0 Å². The topological polar surface area (TPSA) is 86.3 Å². The molecule has 4 aromatic rings. The van der Waals surface area contributed by atoms with Gasteiger partial charge in [-0.1, -0.05) is 71.4 Å². The molecule has 0 bridgehead atoms. The fourth-order valence-corrected chi connectivity index (χ4v) is 4.70. The zero-order valence-corrected chi connectivity index (χ0v) is 20.9. The van der Waals surface area contributed by atoms with Crippen molar-refractivity contribution in [3.8, 4) is 28.6 Å². The van der Waals surface area contributed by atoms with Crippen LogP contribution in [0.1, 0.15) is 33.8 Å². The van der Waals surface area contributed by atoms with Gasteiger partial charge in [0, 0.05) is 49.3 Å². The van der Waals surface area contributed by atoms with Crippen LogP contribution >= 0.6 is 0 Å². The molecule has 0 saturated carbocycles. The van der Waals surface area contributed by atoms with Crippen molar-refractivity contribution in [2.45, 2.75) is 19.8 Å². The van der Waals surface area contributed by atoms with E-state index >= 15 is 0 Å². The molecule has 0 atom stereocenters. The summed E-state index contributed by atoms with van der Waals surface area (Å²) < 4.78 is 5.45. The quantitative estimate of drug-likeness (QED) is 0.363. The SMILES string of the molecule is Cc1ccc(-c2noc(CCCN3CCN(C(=O)c4ccccc4-c4ccccc4C#N)CC3)n2)cc1. The van der Waals surface area contributed by atoms with Crippen LogP contribution in [0.5, 0.6) is 0 Å². The van der Waals surface area contributed by atoms with Crippen LogP contribution in [-0.4, -0.2) is 58.6 Å². The summed E-state index contributed by atoms with van der Waals surface area (Å²) in [5.41, 5.74) is 4.96. The Morgan fingerprint density at radius 2 is 1.65 bits per heavy atom. The molecule has 0 N–H and O–H groups in total. The molecule has 1 aliphatic heterocycles. The molecule has 0 radical (unpaired) electrons. The standard InChI is InChI=1S/C30H29N5O2/c1-22-12-14-23(15-13-22)29-32-28(37-33-29)11-6-16-34-17-19-35(20-18-34)30(36)27-10-5-4-9-26(27)25-8-3-2-7-24(25)21-31/h2-5,7-10,12-15H,6,11,16-20H2,1H3. The Labute approximate surface area is 217 Å². The Kier molecular flexibility index (Phi) is 7.38. The lowest BCUT2D eigenvalue weighted by molar-refractivity contribution is 0.0636. The number of aryl methyl sites for hydroxylation is 2. The van der Waals surface area contributed by atoms with Crippen molar-refractivity contribution in [1.82, 2.24) is 19.9 Å². The van der Waals surface area contributed by atoms with Crippen molar-refractivity contribution in [3.05, 3.63) is 95.4 Å². The van der Waals surface area contributed by atoms with E-state index in [-0.39, 0.29) is 5.91 Å². The molecule has 0 spiro atoms. The van der Waals surface area contributed by atoms with Gasteiger partial charge in [0.15, 0.2) is 0 Å². The Balaban J connectivity index is 1.14. The Bertz CT molecular complexity index is 1410. The molecule has 37 heavy (non-hydrogen) atoms. The van der Waals surface area contributed by atoms with Gasteiger partial charge in [-0.05, 0) is 37.6 Å². The summed E-state index contributed by atoms with van der Waals surface area (Å²) in [7, 11) is 0. The number of piperazine rings is 1. The number of aromatic nitrogens is 2. The molecule has 1 amide bonds. The van der Waals surface area contributed by atoms with Crippen LogP contribution in [0.4, 0.5) is 0 Å². The van der Waals surface area contributed by atoms with E-state index < -0.39 is 0 Å². The first kappa shape index (κ1) is 24.4. The summed E-state index contributed by atoms with van der Waals surface area (Å²) >= 11 is 0. The molecule has 3 aromatic carbocycles. The lowest BCUT2D eigenvalue weighted by Crippen LogP contribution is -2.49. The summed E-state index contributed by atoms with van der Waals surface area (Å²) in [6.07, 6.45) is 1.64. The second kappa shape index (κ2) is 11.2. The average molecular weight is 492 g/mol. The molecule has 5 rings (SSSR count). The van der Waals surface area contributed by atoms with Crippen molar-refractivity contribution in [2.24, 2.45) is 0 Å². The molecule has 2 heterocycles. The highest BCUT2D eigenvalue weighted by molar-refractivity contribution is 6.01. The number of nitriles is 1. The van der Waals surface area contributed by atoms with Crippen molar-refractivity contribution in [2.75, 3.05) is 32.7 Å². The summed E-state index contributed by atoms with van der Waals surface area (Å²) in [6.45, 7) is 5.95. The third kappa shape index (κ3) is 5.60. The van der Waals surface area contributed by atoms with Crippen molar-refractivity contribution in [1.29, 1.82) is 5.26 Å². The third-order valence-corrected chi connectivity index (χ3v) is 6.80. The highest BCUT2D eigenvalue weighted by Gasteiger charge is 2.24. The zero-order valence-electron chi connectivity index (χ0n) is 20.9. The van der Waals surface area contributed by atoms with Gasteiger partial charge in [-0.15, -0.1) is 0 Å². The minimum atomic E-state index is 0.0116.